The summed E-state index contributed by atoms with van der Waals surface area (Å²) in [6, 6.07) is 13.2. The van der Waals surface area contributed by atoms with Crippen molar-refractivity contribution in [3.8, 4) is 16.8 Å². The van der Waals surface area contributed by atoms with Crippen LogP contribution in [0.15, 0.2) is 60.9 Å². The molecule has 47 heavy (non-hydrogen) atoms. The van der Waals surface area contributed by atoms with Crippen LogP contribution >= 0.6 is 23.2 Å². The molecule has 2 atom stereocenters. The number of urea groups is 1. The van der Waals surface area contributed by atoms with E-state index in [4.69, 9.17) is 23.2 Å². The van der Waals surface area contributed by atoms with Crippen molar-refractivity contribution in [1.29, 1.82) is 0 Å². The first-order valence-electron chi connectivity index (χ1n) is 14.7. The Labute approximate surface area is 280 Å². The van der Waals surface area contributed by atoms with Crippen molar-refractivity contribution in [3.05, 3.63) is 82.4 Å². The van der Waals surface area contributed by atoms with Crippen LogP contribution in [0.25, 0.3) is 22.9 Å². The van der Waals surface area contributed by atoms with Gasteiger partial charge >= 0.3 is 12.1 Å². The normalized spacial score (nSPS) is 15.2. The van der Waals surface area contributed by atoms with Crippen LogP contribution < -0.4 is 16.0 Å². The smallest absolute Gasteiger partial charge is 0.411 e. The second kappa shape index (κ2) is 15.5. The number of ether oxygens (including phenoxy) is 1. The molecule has 1 unspecified atom stereocenters. The molecule has 4 aromatic rings. The number of methoxy groups -OCH3 is 1. The lowest BCUT2D eigenvalue weighted by Gasteiger charge is -2.34. The molecule has 0 bridgehead atoms. The molecule has 3 heterocycles. The zero-order valence-electron chi connectivity index (χ0n) is 25.6. The molecule has 16 heteroatoms. The Morgan fingerprint density at radius 1 is 1.11 bits per heavy atom. The third kappa shape index (κ3) is 8.60. The minimum absolute atomic E-state index is 0.0827. The molecule has 0 radical (unpaired) electrons. The highest BCUT2D eigenvalue weighted by Gasteiger charge is 2.28. The largest absolute Gasteiger partial charge is 0.453 e. The van der Waals surface area contributed by atoms with Crippen LogP contribution in [0.1, 0.15) is 36.6 Å². The molecule has 5 rings (SSSR count). The number of amides is 4. The second-order valence-corrected chi connectivity index (χ2v) is 11.6. The molecule has 1 fully saturated rings. The van der Waals surface area contributed by atoms with E-state index in [1.54, 1.807) is 66.6 Å². The minimum atomic E-state index is -0.587. The number of hydrogen-bond acceptors (Lipinski definition) is 9. The number of carbonyl (C=O) groups is 3. The summed E-state index contributed by atoms with van der Waals surface area (Å²) in [7, 11) is 2.89. The summed E-state index contributed by atoms with van der Waals surface area (Å²) < 4.78 is 6.13. The Bertz CT molecular complexity index is 1750. The number of rotatable bonds is 9. The van der Waals surface area contributed by atoms with Crippen molar-refractivity contribution < 1.29 is 19.1 Å². The fourth-order valence-corrected chi connectivity index (χ4v) is 5.76. The highest BCUT2D eigenvalue weighted by Crippen LogP contribution is 2.32. The molecule has 244 valence electrons. The zero-order valence-corrected chi connectivity index (χ0v) is 27.1. The van der Waals surface area contributed by atoms with Gasteiger partial charge in [0.05, 0.1) is 24.5 Å². The number of carbonyl (C=O) groups excluding carboxylic acids is 3. The van der Waals surface area contributed by atoms with Gasteiger partial charge in [-0.15, -0.1) is 10.2 Å². The van der Waals surface area contributed by atoms with Crippen LogP contribution in [0.2, 0.25) is 10.2 Å². The first-order valence-corrected chi connectivity index (χ1v) is 15.5. The summed E-state index contributed by atoms with van der Waals surface area (Å²) in [4.78, 5) is 39.2. The van der Waals surface area contributed by atoms with Crippen LogP contribution in [0.4, 0.5) is 15.3 Å². The number of halogens is 2. The van der Waals surface area contributed by atoms with E-state index in [0.717, 1.165) is 18.4 Å². The highest BCUT2D eigenvalue weighted by atomic mass is 35.5. The maximum Gasteiger partial charge on any atom is 0.411 e. The van der Waals surface area contributed by atoms with E-state index >= 15 is 0 Å². The topological polar surface area (TPSA) is 169 Å². The maximum absolute atomic E-state index is 13.4. The molecule has 1 saturated heterocycles. The first-order chi connectivity index (χ1) is 22.7. The van der Waals surface area contributed by atoms with E-state index in [-0.39, 0.29) is 23.0 Å². The van der Waals surface area contributed by atoms with E-state index in [1.807, 2.05) is 0 Å². The van der Waals surface area contributed by atoms with Gasteiger partial charge < -0.3 is 20.3 Å². The minimum Gasteiger partial charge on any atom is -0.453 e. The summed E-state index contributed by atoms with van der Waals surface area (Å²) in [5, 5.41) is 28.9. The van der Waals surface area contributed by atoms with Crippen molar-refractivity contribution in [2.75, 3.05) is 32.6 Å². The van der Waals surface area contributed by atoms with Gasteiger partial charge in [0.2, 0.25) is 5.91 Å². The fraction of sp³-hybridized carbons (Fsp3) is 0.290. The summed E-state index contributed by atoms with van der Waals surface area (Å²) in [5.41, 5.74) is 3.62. The van der Waals surface area contributed by atoms with Gasteiger partial charge in [0.1, 0.15) is 6.33 Å². The van der Waals surface area contributed by atoms with Gasteiger partial charge in [0, 0.05) is 48.1 Å². The number of aromatic nitrogens is 6. The van der Waals surface area contributed by atoms with Crippen LogP contribution in [0.5, 0.6) is 0 Å². The molecule has 3 N–H and O–H groups in total. The average Bonchev–Trinajstić information content (AvgIpc) is 3.62. The third-order valence-corrected chi connectivity index (χ3v) is 8.17. The Hall–Kier alpha value is -5.08. The number of likely N-dealkylation sites (tertiary alicyclic amines) is 1. The van der Waals surface area contributed by atoms with Crippen LogP contribution in [-0.4, -0.2) is 80.6 Å². The Kier molecular flexibility index (Phi) is 11.0. The number of benzene rings is 2. The maximum atomic E-state index is 13.4. The van der Waals surface area contributed by atoms with E-state index in [0.29, 0.717) is 52.7 Å². The molecule has 1 aliphatic rings. The second-order valence-electron chi connectivity index (χ2n) is 10.8. The van der Waals surface area contributed by atoms with Crippen molar-refractivity contribution in [3.63, 3.8) is 0 Å². The monoisotopic (exact) mass is 678 g/mol. The van der Waals surface area contributed by atoms with Crippen molar-refractivity contribution in [2.24, 2.45) is 5.92 Å². The SMILES string of the molecule is CNC(=O)N1CCCC(C[C@H](NC(=O)C=Cc2cc(Cl)ccc2-n2cnnn2)c2cc(-c3ccc(NC(=O)OC)cc3)c(Cl)nn2)C1. The van der Waals surface area contributed by atoms with Gasteiger partial charge in [-0.05, 0) is 83.6 Å². The number of tetrazole rings is 1. The van der Waals surface area contributed by atoms with E-state index in [2.05, 4.69) is 46.4 Å². The lowest BCUT2D eigenvalue weighted by atomic mass is 9.89. The molecule has 14 nitrogen and oxygen atoms in total. The quantitative estimate of drug-likeness (QED) is 0.208. The molecule has 0 aliphatic carbocycles. The third-order valence-electron chi connectivity index (χ3n) is 7.66. The van der Waals surface area contributed by atoms with E-state index in [9.17, 15) is 14.4 Å². The zero-order chi connectivity index (χ0) is 33.3. The van der Waals surface area contributed by atoms with E-state index < -0.39 is 12.1 Å². The molecule has 2 aromatic carbocycles. The Balaban J connectivity index is 1.42. The van der Waals surface area contributed by atoms with Gasteiger partial charge in [-0.3, -0.25) is 10.1 Å². The molecular weight excluding hydrogens is 647 g/mol. The Morgan fingerprint density at radius 3 is 2.64 bits per heavy atom. The molecule has 1 aliphatic heterocycles. The van der Waals surface area contributed by atoms with Gasteiger partial charge in [0.25, 0.3) is 0 Å². The lowest BCUT2D eigenvalue weighted by Crippen LogP contribution is -2.45. The summed E-state index contributed by atoms with van der Waals surface area (Å²) in [5.74, 6) is -0.299. The van der Waals surface area contributed by atoms with Crippen LogP contribution in [0, 0.1) is 5.92 Å². The fourth-order valence-electron chi connectivity index (χ4n) is 5.38. The summed E-state index contributed by atoms with van der Waals surface area (Å²) in [6.07, 6.45) is 6.09. The van der Waals surface area contributed by atoms with Crippen molar-refractivity contribution in [1.82, 2.24) is 45.9 Å². The van der Waals surface area contributed by atoms with Gasteiger partial charge in [0.15, 0.2) is 5.15 Å². The number of anilines is 1. The first kappa shape index (κ1) is 33.3. The lowest BCUT2D eigenvalue weighted by molar-refractivity contribution is -0.117. The molecule has 0 spiro atoms. The Morgan fingerprint density at radius 2 is 1.91 bits per heavy atom. The predicted octanol–water partition coefficient (Wildman–Crippen LogP) is 4.92. The number of hydrogen-bond donors (Lipinski definition) is 3. The molecule has 2 aromatic heterocycles. The average molecular weight is 680 g/mol. The molecular formula is C31H32Cl2N10O4. The summed E-state index contributed by atoms with van der Waals surface area (Å²) >= 11 is 12.7. The predicted molar refractivity (Wildman–Crippen MR) is 176 cm³/mol. The van der Waals surface area contributed by atoms with E-state index in [1.165, 1.54) is 24.2 Å². The van der Waals surface area contributed by atoms with Crippen LogP contribution in [0.3, 0.4) is 0 Å². The number of nitrogens with one attached hydrogen (secondary N) is 3. The van der Waals surface area contributed by atoms with Gasteiger partial charge in [-0.25, -0.2) is 9.59 Å². The summed E-state index contributed by atoms with van der Waals surface area (Å²) in [6.45, 7) is 1.19. The van der Waals surface area contributed by atoms with Crippen LogP contribution in [-0.2, 0) is 9.53 Å². The highest BCUT2D eigenvalue weighted by molar-refractivity contribution is 6.32. The van der Waals surface area contributed by atoms with Crippen molar-refractivity contribution in [2.45, 2.75) is 25.3 Å². The van der Waals surface area contributed by atoms with Gasteiger partial charge in [-0.2, -0.15) is 9.78 Å². The molecule has 4 amide bonds. The number of nitrogens with zero attached hydrogens (tertiary/aromatic N) is 7. The number of piperidine rings is 1. The van der Waals surface area contributed by atoms with Gasteiger partial charge in [-0.1, -0.05) is 35.3 Å². The standard InChI is InChI=1S/C31H32Cl2N10O4/c1-34-30(45)42-13-3-4-19(17-42)14-25(37-28(44)12-7-21-15-22(32)8-11-27(21)43-18-35-40-41-43)26-16-24(29(33)39-38-26)20-5-9-23(10-6-20)36-31(46)47-2/h5-12,15-16,18-19,25H,3-4,13-14,17H2,1-2H3,(H,34,45)(H,36,46)(H,37,44)/t19?,25-/m0/s1. The van der Waals surface area contributed by atoms with Crippen molar-refractivity contribution >= 4 is 53.0 Å². The molecule has 0 saturated carbocycles.